The highest BCUT2D eigenvalue weighted by atomic mass is 16.3. The van der Waals surface area contributed by atoms with Crippen molar-refractivity contribution in [3.8, 4) is 5.75 Å². The first-order chi connectivity index (χ1) is 9.20. The molecule has 1 aromatic carbocycles. The normalized spacial score (nSPS) is 17.2. The molecular weight excluding hydrogens is 240 g/mol. The number of phenolic OH excluding ortho intramolecular Hbond substituents is 1. The lowest BCUT2D eigenvalue weighted by molar-refractivity contribution is -0.121. The molecule has 1 aliphatic carbocycles. The number of amides is 1. The van der Waals surface area contributed by atoms with Crippen LogP contribution in [0, 0.1) is 0 Å². The fourth-order valence-corrected chi connectivity index (χ4v) is 2.53. The number of aryl methyl sites for hydroxylation is 1. The minimum Gasteiger partial charge on any atom is -0.508 e. The zero-order valence-electron chi connectivity index (χ0n) is 11.4. The van der Waals surface area contributed by atoms with Gasteiger partial charge in [0.05, 0.1) is 0 Å². The van der Waals surface area contributed by atoms with Gasteiger partial charge in [0.2, 0.25) is 5.91 Å². The first kappa shape index (κ1) is 13.9. The molecule has 0 saturated carbocycles. The van der Waals surface area contributed by atoms with Gasteiger partial charge in [0.25, 0.3) is 0 Å². The van der Waals surface area contributed by atoms with Crippen molar-refractivity contribution in [2.24, 2.45) is 0 Å². The van der Waals surface area contributed by atoms with Crippen LogP contribution in [0.25, 0.3) is 0 Å². The van der Waals surface area contributed by atoms with Gasteiger partial charge >= 0.3 is 0 Å². The van der Waals surface area contributed by atoms with Gasteiger partial charge in [0, 0.05) is 25.6 Å². The van der Waals surface area contributed by atoms with E-state index in [1.165, 1.54) is 11.1 Å². The van der Waals surface area contributed by atoms with E-state index < -0.39 is 0 Å². The van der Waals surface area contributed by atoms with Crippen LogP contribution in [0.4, 0.5) is 0 Å². The number of hydrogen-bond donors (Lipinski definition) is 3. The van der Waals surface area contributed by atoms with E-state index in [1.807, 2.05) is 19.1 Å². The second kappa shape index (κ2) is 6.57. The molecule has 4 heteroatoms. The molecule has 0 aliphatic heterocycles. The maximum absolute atomic E-state index is 11.5. The van der Waals surface area contributed by atoms with Crippen LogP contribution in [-0.4, -0.2) is 24.1 Å². The van der Waals surface area contributed by atoms with Crippen molar-refractivity contribution in [2.75, 3.05) is 13.1 Å². The third-order valence-corrected chi connectivity index (χ3v) is 3.52. The van der Waals surface area contributed by atoms with Crippen molar-refractivity contribution < 1.29 is 9.90 Å². The Hall–Kier alpha value is -1.55. The highest BCUT2D eigenvalue weighted by Gasteiger charge is 2.22. The van der Waals surface area contributed by atoms with Gasteiger partial charge < -0.3 is 15.7 Å². The van der Waals surface area contributed by atoms with Crippen molar-refractivity contribution in [1.29, 1.82) is 0 Å². The zero-order chi connectivity index (χ0) is 13.7. The first-order valence-corrected chi connectivity index (χ1v) is 7.02. The zero-order valence-corrected chi connectivity index (χ0v) is 11.4. The van der Waals surface area contributed by atoms with Gasteiger partial charge in [0.1, 0.15) is 5.75 Å². The SMILES string of the molecule is CCCNC(=O)CCNC1CCc2cc(O)ccc21. The molecule has 0 bridgehead atoms. The molecule has 0 saturated heterocycles. The maximum atomic E-state index is 11.5. The molecule has 4 nitrogen and oxygen atoms in total. The topological polar surface area (TPSA) is 61.4 Å². The highest BCUT2D eigenvalue weighted by molar-refractivity contribution is 5.76. The summed E-state index contributed by atoms with van der Waals surface area (Å²) >= 11 is 0. The first-order valence-electron chi connectivity index (χ1n) is 7.02. The van der Waals surface area contributed by atoms with E-state index in [1.54, 1.807) is 6.07 Å². The van der Waals surface area contributed by atoms with Crippen LogP contribution in [-0.2, 0) is 11.2 Å². The fourth-order valence-electron chi connectivity index (χ4n) is 2.53. The third-order valence-electron chi connectivity index (χ3n) is 3.52. The van der Waals surface area contributed by atoms with E-state index in [9.17, 15) is 9.90 Å². The molecule has 104 valence electrons. The molecule has 1 aromatic rings. The van der Waals surface area contributed by atoms with Crippen molar-refractivity contribution >= 4 is 5.91 Å². The average molecular weight is 262 g/mol. The molecule has 1 aliphatic rings. The minimum absolute atomic E-state index is 0.110. The van der Waals surface area contributed by atoms with Gasteiger partial charge in [-0.15, -0.1) is 0 Å². The summed E-state index contributed by atoms with van der Waals surface area (Å²) in [6, 6.07) is 5.86. The Morgan fingerprint density at radius 3 is 3.05 bits per heavy atom. The Balaban J connectivity index is 1.78. The summed E-state index contributed by atoms with van der Waals surface area (Å²) in [5.41, 5.74) is 2.47. The van der Waals surface area contributed by atoms with E-state index >= 15 is 0 Å². The summed E-state index contributed by atoms with van der Waals surface area (Å²) in [5, 5.41) is 15.7. The van der Waals surface area contributed by atoms with Crippen molar-refractivity contribution in [3.63, 3.8) is 0 Å². The van der Waals surface area contributed by atoms with Crippen LogP contribution < -0.4 is 10.6 Å². The Bertz CT molecular complexity index is 446. The molecule has 0 aromatic heterocycles. The maximum Gasteiger partial charge on any atom is 0.221 e. The third kappa shape index (κ3) is 3.70. The number of benzene rings is 1. The fraction of sp³-hybridized carbons (Fsp3) is 0.533. The predicted molar refractivity (Wildman–Crippen MR) is 75.1 cm³/mol. The number of hydrogen-bond acceptors (Lipinski definition) is 3. The van der Waals surface area contributed by atoms with E-state index in [0.29, 0.717) is 24.8 Å². The predicted octanol–water partition coefficient (Wildman–Crippen LogP) is 1.89. The molecule has 1 unspecified atom stereocenters. The van der Waals surface area contributed by atoms with E-state index in [2.05, 4.69) is 10.6 Å². The van der Waals surface area contributed by atoms with Gasteiger partial charge in [-0.3, -0.25) is 4.79 Å². The molecule has 0 heterocycles. The molecule has 2 rings (SSSR count). The summed E-state index contributed by atoms with van der Waals surface area (Å²) in [6.45, 7) is 3.49. The van der Waals surface area contributed by atoms with Crippen LogP contribution in [0.2, 0.25) is 0 Å². The van der Waals surface area contributed by atoms with Gasteiger partial charge in [-0.25, -0.2) is 0 Å². The molecule has 0 fully saturated rings. The molecule has 1 atom stereocenters. The summed E-state index contributed by atoms with van der Waals surface area (Å²) in [5.74, 6) is 0.441. The second-order valence-corrected chi connectivity index (χ2v) is 5.03. The number of phenols is 1. The quantitative estimate of drug-likeness (QED) is 0.733. The molecule has 0 spiro atoms. The molecule has 0 radical (unpaired) electrons. The molecule has 19 heavy (non-hydrogen) atoms. The lowest BCUT2D eigenvalue weighted by atomic mass is 10.1. The second-order valence-electron chi connectivity index (χ2n) is 5.03. The number of fused-ring (bicyclic) bond motifs is 1. The average Bonchev–Trinajstić information content (AvgIpc) is 2.79. The summed E-state index contributed by atoms with van der Waals surface area (Å²) in [7, 11) is 0. The number of rotatable bonds is 6. The van der Waals surface area contributed by atoms with Crippen LogP contribution >= 0.6 is 0 Å². The Morgan fingerprint density at radius 2 is 2.26 bits per heavy atom. The van der Waals surface area contributed by atoms with Gasteiger partial charge in [-0.05, 0) is 42.5 Å². The summed E-state index contributed by atoms with van der Waals surface area (Å²) in [6.07, 6.45) is 3.52. The lowest BCUT2D eigenvalue weighted by Gasteiger charge is -2.14. The number of nitrogens with one attached hydrogen (secondary N) is 2. The van der Waals surface area contributed by atoms with Crippen LogP contribution in [0.1, 0.15) is 43.4 Å². The van der Waals surface area contributed by atoms with E-state index in [0.717, 1.165) is 25.8 Å². The van der Waals surface area contributed by atoms with E-state index in [-0.39, 0.29) is 5.91 Å². The number of aromatic hydroxyl groups is 1. The summed E-state index contributed by atoms with van der Waals surface area (Å²) < 4.78 is 0. The van der Waals surface area contributed by atoms with Crippen LogP contribution in [0.3, 0.4) is 0 Å². The Labute approximate surface area is 114 Å². The van der Waals surface area contributed by atoms with Gasteiger partial charge in [-0.1, -0.05) is 13.0 Å². The molecular formula is C15H22N2O2. The van der Waals surface area contributed by atoms with Crippen molar-refractivity contribution in [3.05, 3.63) is 29.3 Å². The van der Waals surface area contributed by atoms with Crippen LogP contribution in [0.15, 0.2) is 18.2 Å². The smallest absolute Gasteiger partial charge is 0.221 e. The van der Waals surface area contributed by atoms with Crippen molar-refractivity contribution in [2.45, 2.75) is 38.6 Å². The molecule has 1 amide bonds. The lowest BCUT2D eigenvalue weighted by Crippen LogP contribution is -2.29. The highest BCUT2D eigenvalue weighted by Crippen LogP contribution is 2.32. The van der Waals surface area contributed by atoms with Crippen LogP contribution in [0.5, 0.6) is 5.75 Å². The van der Waals surface area contributed by atoms with Gasteiger partial charge in [0.15, 0.2) is 0 Å². The molecule has 3 N–H and O–H groups in total. The van der Waals surface area contributed by atoms with E-state index in [4.69, 9.17) is 0 Å². The van der Waals surface area contributed by atoms with Crippen molar-refractivity contribution in [1.82, 2.24) is 10.6 Å². The minimum atomic E-state index is 0.110. The standard InChI is InChI=1S/C15H22N2O2/c1-2-8-17-15(19)7-9-16-14-6-3-11-10-12(18)4-5-13(11)14/h4-5,10,14,16,18H,2-3,6-9H2,1H3,(H,17,19). The summed E-state index contributed by atoms with van der Waals surface area (Å²) in [4.78, 5) is 11.5. The monoisotopic (exact) mass is 262 g/mol. The number of carbonyl (C=O) groups excluding carboxylic acids is 1. The van der Waals surface area contributed by atoms with Gasteiger partial charge in [-0.2, -0.15) is 0 Å². The largest absolute Gasteiger partial charge is 0.508 e. The Kier molecular flexibility index (Phi) is 4.80. The number of carbonyl (C=O) groups is 1. The Morgan fingerprint density at radius 1 is 1.42 bits per heavy atom.